The lowest BCUT2D eigenvalue weighted by Gasteiger charge is -2.08. The van der Waals surface area contributed by atoms with E-state index in [2.05, 4.69) is 26.2 Å². The van der Waals surface area contributed by atoms with Crippen molar-refractivity contribution in [1.29, 1.82) is 0 Å². The van der Waals surface area contributed by atoms with E-state index in [-0.39, 0.29) is 11.5 Å². The van der Waals surface area contributed by atoms with Gasteiger partial charge >= 0.3 is 6.09 Å². The van der Waals surface area contributed by atoms with Gasteiger partial charge in [-0.25, -0.2) is 14.9 Å². The number of H-pyrrole nitrogens is 2. The van der Waals surface area contributed by atoms with Gasteiger partial charge in [-0.2, -0.15) is 5.10 Å². The molecule has 5 rings (SSSR count). The van der Waals surface area contributed by atoms with E-state index in [4.69, 9.17) is 5.11 Å². The van der Waals surface area contributed by atoms with Gasteiger partial charge in [-0.1, -0.05) is 48.5 Å². The number of amides is 1. The molecular formula is C24H19N5O3. The molecule has 2 heterocycles. The molecule has 0 radical (unpaired) electrons. The summed E-state index contributed by atoms with van der Waals surface area (Å²) >= 11 is 0. The molecule has 5 aromatic rings. The molecule has 0 aliphatic rings. The second kappa shape index (κ2) is 7.66. The molecule has 0 spiro atoms. The maximum absolute atomic E-state index is 12.0. The van der Waals surface area contributed by atoms with Crippen molar-refractivity contribution in [1.82, 2.24) is 20.2 Å². The first-order valence-corrected chi connectivity index (χ1v) is 10.0. The van der Waals surface area contributed by atoms with E-state index in [1.165, 1.54) is 7.05 Å². The third-order valence-corrected chi connectivity index (χ3v) is 5.48. The number of aromatic amines is 2. The molecule has 0 fully saturated rings. The lowest BCUT2D eigenvalue weighted by Crippen LogP contribution is -2.24. The molecule has 32 heavy (non-hydrogen) atoms. The Hall–Kier alpha value is -4.46. The third-order valence-electron chi connectivity index (χ3n) is 5.48. The van der Waals surface area contributed by atoms with Crippen LogP contribution < -0.4 is 10.5 Å². The second-order valence-electron chi connectivity index (χ2n) is 7.56. The maximum atomic E-state index is 12.0. The Bertz CT molecular complexity index is 1540. The molecule has 0 atom stereocenters. The average molecular weight is 425 g/mol. The highest BCUT2D eigenvalue weighted by molar-refractivity contribution is 5.89. The summed E-state index contributed by atoms with van der Waals surface area (Å²) in [7, 11) is 1.44. The topological polar surface area (TPSA) is 115 Å². The van der Waals surface area contributed by atoms with E-state index in [0.29, 0.717) is 17.3 Å². The molecule has 8 heteroatoms. The molecule has 0 saturated heterocycles. The smallest absolute Gasteiger partial charge is 0.413 e. The van der Waals surface area contributed by atoms with Crippen LogP contribution >= 0.6 is 0 Å². The normalized spacial score (nSPS) is 11.2. The van der Waals surface area contributed by atoms with Crippen LogP contribution in [0.4, 0.5) is 10.7 Å². The van der Waals surface area contributed by atoms with Crippen LogP contribution in [-0.2, 0) is 6.42 Å². The van der Waals surface area contributed by atoms with Crippen LogP contribution in [0, 0.1) is 0 Å². The Balaban J connectivity index is 1.49. The molecule has 0 aliphatic heterocycles. The number of aromatic nitrogens is 4. The van der Waals surface area contributed by atoms with Crippen LogP contribution in [0.2, 0.25) is 0 Å². The van der Waals surface area contributed by atoms with E-state index in [1.54, 1.807) is 6.07 Å². The summed E-state index contributed by atoms with van der Waals surface area (Å²) in [4.78, 5) is 31.7. The predicted molar refractivity (Wildman–Crippen MR) is 123 cm³/mol. The first kappa shape index (κ1) is 19.5. The molecular weight excluding hydrogens is 406 g/mol. The van der Waals surface area contributed by atoms with Crippen molar-refractivity contribution in [3.63, 3.8) is 0 Å². The van der Waals surface area contributed by atoms with Crippen molar-refractivity contribution >= 4 is 33.8 Å². The lowest BCUT2D eigenvalue weighted by molar-refractivity contribution is 0.203. The number of fused-ring (bicyclic) bond motifs is 2. The number of imidazole rings is 1. The first-order chi connectivity index (χ1) is 15.5. The molecule has 3 aromatic carbocycles. The Morgan fingerprint density at radius 2 is 1.78 bits per heavy atom. The summed E-state index contributed by atoms with van der Waals surface area (Å²) in [5.41, 5.74) is 5.09. The number of nitrogens with zero attached hydrogens (tertiary/aromatic N) is 3. The number of carboxylic acid groups (broad SMARTS) is 1. The average Bonchev–Trinajstić information content (AvgIpc) is 3.24. The minimum atomic E-state index is -1.08. The highest BCUT2D eigenvalue weighted by atomic mass is 16.4. The number of rotatable bonds is 4. The minimum Gasteiger partial charge on any atom is -0.465 e. The SMILES string of the molecule is CN(C(=O)O)c1nc2cc(-c3cccc(Cc4n[nH]c(=O)c5ccccc45)c3)ccc2[nH]1. The number of hydrogen-bond donors (Lipinski definition) is 3. The Morgan fingerprint density at radius 1 is 1.00 bits per heavy atom. The lowest BCUT2D eigenvalue weighted by atomic mass is 9.99. The highest BCUT2D eigenvalue weighted by Crippen LogP contribution is 2.27. The van der Waals surface area contributed by atoms with Gasteiger partial charge in [-0.3, -0.25) is 9.69 Å². The van der Waals surface area contributed by atoms with Crippen molar-refractivity contribution in [3.8, 4) is 11.1 Å². The zero-order valence-electron chi connectivity index (χ0n) is 17.2. The molecule has 1 amide bonds. The standard InChI is InChI=1S/C24H19N5O3/c1-29(24(31)32)23-25-19-10-9-16(13-21(19)26-23)15-6-4-5-14(11-15)12-20-17-7-2-3-8-18(17)22(30)28-27-20/h2-11,13H,12H2,1H3,(H,25,26)(H,28,30)(H,31,32). The summed E-state index contributed by atoms with van der Waals surface area (Å²) in [5, 5.41) is 17.5. The van der Waals surface area contributed by atoms with Crippen LogP contribution in [-0.4, -0.2) is 38.4 Å². The number of benzene rings is 3. The summed E-state index contributed by atoms with van der Waals surface area (Å²) in [6.45, 7) is 0. The fourth-order valence-corrected chi connectivity index (χ4v) is 3.78. The van der Waals surface area contributed by atoms with Gasteiger partial charge in [0.15, 0.2) is 0 Å². The molecule has 0 unspecified atom stereocenters. The van der Waals surface area contributed by atoms with E-state index in [0.717, 1.165) is 38.2 Å². The van der Waals surface area contributed by atoms with Crippen LogP contribution in [0.1, 0.15) is 11.3 Å². The van der Waals surface area contributed by atoms with Gasteiger partial charge < -0.3 is 10.1 Å². The van der Waals surface area contributed by atoms with Crippen LogP contribution in [0.3, 0.4) is 0 Å². The molecule has 2 aromatic heterocycles. The number of nitrogens with one attached hydrogen (secondary N) is 2. The Kier molecular flexibility index (Phi) is 4.67. The largest absolute Gasteiger partial charge is 0.465 e. The zero-order chi connectivity index (χ0) is 22.2. The van der Waals surface area contributed by atoms with E-state index < -0.39 is 6.09 Å². The molecule has 158 valence electrons. The fraction of sp³-hybridized carbons (Fsp3) is 0.0833. The van der Waals surface area contributed by atoms with E-state index >= 15 is 0 Å². The maximum Gasteiger partial charge on any atom is 0.413 e. The van der Waals surface area contributed by atoms with E-state index in [9.17, 15) is 9.59 Å². The van der Waals surface area contributed by atoms with Gasteiger partial charge in [0.2, 0.25) is 5.95 Å². The van der Waals surface area contributed by atoms with Crippen LogP contribution in [0.5, 0.6) is 0 Å². The van der Waals surface area contributed by atoms with Crippen molar-refractivity contribution in [2.75, 3.05) is 11.9 Å². The molecule has 3 N–H and O–H groups in total. The van der Waals surface area contributed by atoms with Gasteiger partial charge in [-0.15, -0.1) is 0 Å². The van der Waals surface area contributed by atoms with Gasteiger partial charge in [0.25, 0.3) is 5.56 Å². The second-order valence-corrected chi connectivity index (χ2v) is 7.56. The fourth-order valence-electron chi connectivity index (χ4n) is 3.78. The van der Waals surface area contributed by atoms with Crippen LogP contribution in [0.25, 0.3) is 32.9 Å². The molecule has 8 nitrogen and oxygen atoms in total. The Morgan fingerprint density at radius 3 is 2.59 bits per heavy atom. The van der Waals surface area contributed by atoms with Crippen molar-refractivity contribution in [2.45, 2.75) is 6.42 Å². The Labute approximate surface area is 182 Å². The third kappa shape index (κ3) is 3.47. The van der Waals surface area contributed by atoms with Crippen molar-refractivity contribution in [2.24, 2.45) is 0 Å². The summed E-state index contributed by atoms with van der Waals surface area (Å²) < 4.78 is 0. The van der Waals surface area contributed by atoms with Gasteiger partial charge in [0.1, 0.15) is 0 Å². The van der Waals surface area contributed by atoms with E-state index in [1.807, 2.05) is 54.6 Å². The summed E-state index contributed by atoms with van der Waals surface area (Å²) in [6, 6.07) is 21.3. The summed E-state index contributed by atoms with van der Waals surface area (Å²) in [6.07, 6.45) is -0.510. The first-order valence-electron chi connectivity index (χ1n) is 10.0. The van der Waals surface area contributed by atoms with Crippen molar-refractivity contribution in [3.05, 3.63) is 88.3 Å². The number of anilines is 1. The highest BCUT2D eigenvalue weighted by Gasteiger charge is 2.14. The quantitative estimate of drug-likeness (QED) is 0.400. The number of hydrogen-bond acceptors (Lipinski definition) is 4. The zero-order valence-corrected chi connectivity index (χ0v) is 17.2. The van der Waals surface area contributed by atoms with Gasteiger partial charge in [0, 0.05) is 18.9 Å². The monoisotopic (exact) mass is 425 g/mol. The van der Waals surface area contributed by atoms with Gasteiger partial charge in [-0.05, 0) is 34.9 Å². The summed E-state index contributed by atoms with van der Waals surface area (Å²) in [5.74, 6) is 0.273. The van der Waals surface area contributed by atoms with Gasteiger partial charge in [0.05, 0.1) is 22.1 Å². The predicted octanol–water partition coefficient (Wildman–Crippen LogP) is 4.17. The molecule has 0 bridgehead atoms. The molecule has 0 aliphatic carbocycles. The number of carbonyl (C=O) groups is 1. The van der Waals surface area contributed by atoms with Crippen LogP contribution in [0.15, 0.2) is 71.5 Å². The van der Waals surface area contributed by atoms with Crippen molar-refractivity contribution < 1.29 is 9.90 Å². The molecule has 0 saturated carbocycles. The minimum absolute atomic E-state index is 0.196.